The molecular weight excluding hydrogens is 302 g/mol. The van der Waals surface area contributed by atoms with E-state index in [0.29, 0.717) is 6.04 Å². The molecule has 1 fully saturated rings. The van der Waals surface area contributed by atoms with Crippen LogP contribution in [0.3, 0.4) is 0 Å². The van der Waals surface area contributed by atoms with Gasteiger partial charge in [-0.05, 0) is 49.6 Å². The van der Waals surface area contributed by atoms with Crippen LogP contribution < -0.4 is 4.74 Å². The second-order valence-electron chi connectivity index (χ2n) is 5.93. The van der Waals surface area contributed by atoms with Gasteiger partial charge in [0.15, 0.2) is 0 Å². The minimum absolute atomic E-state index is 0.205. The smallest absolute Gasteiger partial charge is 0.387 e. The molecule has 0 spiro atoms. The van der Waals surface area contributed by atoms with Crippen molar-refractivity contribution in [2.24, 2.45) is 0 Å². The predicted octanol–water partition coefficient (Wildman–Crippen LogP) is 3.42. The minimum Gasteiger partial charge on any atom is -0.435 e. The van der Waals surface area contributed by atoms with Gasteiger partial charge in [-0.25, -0.2) is 0 Å². The first-order valence-corrected chi connectivity index (χ1v) is 7.95. The van der Waals surface area contributed by atoms with Gasteiger partial charge in [0, 0.05) is 36.8 Å². The van der Waals surface area contributed by atoms with Crippen LogP contribution in [0.25, 0.3) is 10.9 Å². The number of nitrogens with one attached hydrogen (secondary N) is 1. The van der Waals surface area contributed by atoms with E-state index < -0.39 is 6.61 Å². The van der Waals surface area contributed by atoms with Gasteiger partial charge >= 0.3 is 6.61 Å². The Morgan fingerprint density at radius 2 is 2.26 bits per heavy atom. The van der Waals surface area contributed by atoms with Crippen molar-refractivity contribution in [2.75, 3.05) is 26.8 Å². The van der Waals surface area contributed by atoms with Gasteiger partial charge in [-0.3, -0.25) is 4.90 Å². The third kappa shape index (κ3) is 3.82. The first-order chi connectivity index (χ1) is 11.2. The molecule has 3 rings (SSSR count). The number of H-pyrrole nitrogens is 1. The lowest BCUT2D eigenvalue weighted by Crippen LogP contribution is -2.33. The van der Waals surface area contributed by atoms with Gasteiger partial charge in [-0.15, -0.1) is 0 Å². The fourth-order valence-electron chi connectivity index (χ4n) is 3.39. The predicted molar refractivity (Wildman–Crippen MR) is 85.1 cm³/mol. The topological polar surface area (TPSA) is 37.5 Å². The van der Waals surface area contributed by atoms with Crippen molar-refractivity contribution in [3.63, 3.8) is 0 Å². The van der Waals surface area contributed by atoms with Crippen LogP contribution >= 0.6 is 0 Å². The first-order valence-electron chi connectivity index (χ1n) is 7.95. The minimum atomic E-state index is -2.80. The summed E-state index contributed by atoms with van der Waals surface area (Å²) < 4.78 is 34.5. The van der Waals surface area contributed by atoms with Crippen LogP contribution in [0.2, 0.25) is 0 Å². The maximum atomic E-state index is 12.4. The van der Waals surface area contributed by atoms with Crippen LogP contribution in [-0.2, 0) is 11.2 Å². The number of ether oxygens (including phenoxy) is 2. The van der Waals surface area contributed by atoms with E-state index in [2.05, 4.69) is 14.6 Å². The number of benzene rings is 1. The summed E-state index contributed by atoms with van der Waals surface area (Å²) in [7, 11) is 1.72. The molecule has 1 unspecified atom stereocenters. The number of fused-ring (bicyclic) bond motifs is 1. The number of likely N-dealkylation sites (tertiary alicyclic amines) is 1. The lowest BCUT2D eigenvalue weighted by molar-refractivity contribution is -0.0497. The molecule has 1 saturated heterocycles. The number of hydrogen-bond donors (Lipinski definition) is 1. The zero-order valence-corrected chi connectivity index (χ0v) is 13.2. The van der Waals surface area contributed by atoms with Crippen molar-refractivity contribution in [3.8, 4) is 5.75 Å². The first kappa shape index (κ1) is 16.2. The highest BCUT2D eigenvalue weighted by Gasteiger charge is 2.25. The number of methoxy groups -OCH3 is 1. The van der Waals surface area contributed by atoms with Crippen LogP contribution in [0.15, 0.2) is 24.4 Å². The summed E-state index contributed by atoms with van der Waals surface area (Å²) in [5.41, 5.74) is 2.09. The van der Waals surface area contributed by atoms with E-state index in [1.54, 1.807) is 25.3 Å². The van der Waals surface area contributed by atoms with E-state index in [9.17, 15) is 8.78 Å². The molecule has 0 bridgehead atoms. The zero-order valence-electron chi connectivity index (χ0n) is 13.2. The van der Waals surface area contributed by atoms with Gasteiger partial charge in [-0.1, -0.05) is 0 Å². The summed E-state index contributed by atoms with van der Waals surface area (Å²) in [6, 6.07) is 5.52. The summed E-state index contributed by atoms with van der Waals surface area (Å²) in [5.74, 6) is 0.205. The Morgan fingerprint density at radius 1 is 1.39 bits per heavy atom. The molecule has 0 radical (unpaired) electrons. The average Bonchev–Trinajstić information content (AvgIpc) is 3.12. The SMILES string of the molecule is COCCN1CCCC1Cc1c[nH]c2ccc(OC(F)F)cc12. The van der Waals surface area contributed by atoms with Crippen LogP contribution in [-0.4, -0.2) is 49.3 Å². The molecular formula is C17H22F2N2O2. The number of alkyl halides is 2. The summed E-state index contributed by atoms with van der Waals surface area (Å²) in [6.07, 6.45) is 5.23. The molecule has 0 amide bonds. The van der Waals surface area contributed by atoms with Gasteiger partial charge in [0.2, 0.25) is 0 Å². The fraction of sp³-hybridized carbons (Fsp3) is 0.529. The van der Waals surface area contributed by atoms with E-state index >= 15 is 0 Å². The van der Waals surface area contributed by atoms with E-state index in [0.717, 1.165) is 49.0 Å². The Morgan fingerprint density at radius 3 is 3.04 bits per heavy atom. The van der Waals surface area contributed by atoms with Gasteiger partial charge in [0.05, 0.1) is 6.61 Å². The Bertz CT molecular complexity index is 645. The van der Waals surface area contributed by atoms with Crippen molar-refractivity contribution >= 4 is 10.9 Å². The quantitative estimate of drug-likeness (QED) is 0.848. The maximum absolute atomic E-state index is 12.4. The number of rotatable bonds is 7. The Kier molecular flexibility index (Phi) is 5.13. The summed E-state index contributed by atoms with van der Waals surface area (Å²) in [6.45, 7) is -0.0370. The normalized spacial score (nSPS) is 19.0. The Labute approximate surface area is 134 Å². The molecule has 1 aliphatic rings. The molecule has 2 aromatic rings. The standard InChI is InChI=1S/C17H22F2N2O2/c1-22-8-7-21-6-2-3-13(21)9-12-11-20-16-5-4-14(10-15(12)16)23-17(18)19/h4-5,10-11,13,17,20H,2-3,6-9H2,1H3. The number of aromatic amines is 1. The summed E-state index contributed by atoms with van der Waals surface area (Å²) in [5, 5.41) is 0.960. The monoisotopic (exact) mass is 324 g/mol. The average molecular weight is 324 g/mol. The van der Waals surface area contributed by atoms with Crippen molar-refractivity contribution in [2.45, 2.75) is 31.9 Å². The van der Waals surface area contributed by atoms with Crippen LogP contribution in [0.1, 0.15) is 18.4 Å². The highest BCUT2D eigenvalue weighted by molar-refractivity contribution is 5.84. The summed E-state index contributed by atoms with van der Waals surface area (Å²) in [4.78, 5) is 5.66. The molecule has 2 heterocycles. The van der Waals surface area contributed by atoms with E-state index in [4.69, 9.17) is 4.74 Å². The second kappa shape index (κ2) is 7.27. The van der Waals surface area contributed by atoms with Gasteiger partial charge in [0.25, 0.3) is 0 Å². The van der Waals surface area contributed by atoms with Gasteiger partial charge < -0.3 is 14.5 Å². The van der Waals surface area contributed by atoms with Crippen LogP contribution in [0.4, 0.5) is 8.78 Å². The third-order valence-electron chi connectivity index (χ3n) is 4.50. The Hall–Kier alpha value is -1.66. The van der Waals surface area contributed by atoms with Gasteiger partial charge in [-0.2, -0.15) is 8.78 Å². The van der Waals surface area contributed by atoms with Crippen LogP contribution in [0, 0.1) is 0 Å². The van der Waals surface area contributed by atoms with Crippen LogP contribution in [0.5, 0.6) is 5.75 Å². The number of nitrogens with zero attached hydrogens (tertiary/aromatic N) is 1. The fourth-order valence-corrected chi connectivity index (χ4v) is 3.39. The van der Waals surface area contributed by atoms with Crippen molar-refractivity contribution in [1.82, 2.24) is 9.88 Å². The third-order valence-corrected chi connectivity index (χ3v) is 4.50. The highest BCUT2D eigenvalue weighted by atomic mass is 19.3. The van der Waals surface area contributed by atoms with Gasteiger partial charge in [0.1, 0.15) is 5.75 Å². The van der Waals surface area contributed by atoms with E-state index in [-0.39, 0.29) is 5.75 Å². The molecule has 1 N–H and O–H groups in total. The van der Waals surface area contributed by atoms with E-state index in [1.807, 2.05) is 6.20 Å². The molecule has 1 atom stereocenters. The largest absolute Gasteiger partial charge is 0.435 e. The number of halogens is 2. The number of hydrogen-bond acceptors (Lipinski definition) is 3. The molecule has 23 heavy (non-hydrogen) atoms. The second-order valence-corrected chi connectivity index (χ2v) is 5.93. The molecule has 6 heteroatoms. The zero-order chi connectivity index (χ0) is 16.2. The number of aromatic nitrogens is 1. The molecule has 0 saturated carbocycles. The molecule has 4 nitrogen and oxygen atoms in total. The van der Waals surface area contributed by atoms with Crippen molar-refractivity contribution < 1.29 is 18.3 Å². The molecule has 126 valence electrons. The van der Waals surface area contributed by atoms with Crippen molar-refractivity contribution in [3.05, 3.63) is 30.0 Å². The lowest BCUT2D eigenvalue weighted by atomic mass is 10.0. The van der Waals surface area contributed by atoms with E-state index in [1.165, 1.54) is 6.42 Å². The highest BCUT2D eigenvalue weighted by Crippen LogP contribution is 2.28. The molecule has 0 aliphatic carbocycles. The summed E-state index contributed by atoms with van der Waals surface area (Å²) >= 11 is 0. The molecule has 1 aromatic carbocycles. The maximum Gasteiger partial charge on any atom is 0.387 e. The lowest BCUT2D eigenvalue weighted by Gasteiger charge is -2.23. The molecule has 1 aromatic heterocycles. The Balaban J connectivity index is 1.76. The molecule has 1 aliphatic heterocycles. The van der Waals surface area contributed by atoms with Crippen molar-refractivity contribution in [1.29, 1.82) is 0 Å².